The number of carbonyl (C=O) groups is 1. The van der Waals surface area contributed by atoms with Crippen molar-refractivity contribution in [1.82, 2.24) is 9.80 Å². The molecule has 0 aliphatic carbocycles. The zero-order chi connectivity index (χ0) is 17.5. The normalized spacial score (nSPS) is 12.2. The molecule has 2 rings (SSSR count). The maximum Gasteiger partial charge on any atom is 0.237 e. The Bertz CT molecular complexity index is 660. The minimum atomic E-state index is 0.0816. The Morgan fingerprint density at radius 1 is 1.08 bits per heavy atom. The van der Waals surface area contributed by atoms with E-state index in [1.54, 1.807) is 0 Å². The fraction of sp³-hybridized carbons (Fsp3) is 0.350. The van der Waals surface area contributed by atoms with Gasteiger partial charge in [0, 0.05) is 24.2 Å². The van der Waals surface area contributed by atoms with Crippen LogP contribution >= 0.6 is 11.6 Å². The molecule has 0 saturated heterocycles. The van der Waals surface area contributed by atoms with Gasteiger partial charge < -0.3 is 4.90 Å². The van der Waals surface area contributed by atoms with Gasteiger partial charge in [-0.25, -0.2) is 0 Å². The summed E-state index contributed by atoms with van der Waals surface area (Å²) in [4.78, 5) is 16.6. The van der Waals surface area contributed by atoms with Crippen LogP contribution < -0.4 is 0 Å². The molecule has 1 atom stereocenters. The summed E-state index contributed by atoms with van der Waals surface area (Å²) in [6.45, 7) is 5.79. The molecule has 0 bridgehead atoms. The molecule has 0 fully saturated rings. The van der Waals surface area contributed by atoms with E-state index in [1.807, 2.05) is 78.4 Å². The fourth-order valence-corrected chi connectivity index (χ4v) is 2.98. The van der Waals surface area contributed by atoms with Crippen molar-refractivity contribution < 1.29 is 4.79 Å². The van der Waals surface area contributed by atoms with Crippen molar-refractivity contribution >= 4 is 17.5 Å². The second-order valence-corrected chi connectivity index (χ2v) is 6.41. The molecule has 0 aromatic heterocycles. The molecule has 2 aromatic rings. The predicted molar refractivity (Wildman–Crippen MR) is 100 cm³/mol. The lowest BCUT2D eigenvalue weighted by atomic mass is 10.1. The standard InChI is InChI=1S/C20H25ClN2O/c1-4-23(14-17-10-6-5-7-11-17)20(24)15-22(3)16(2)18-12-8-9-13-19(18)21/h5-13,16H,4,14-15H2,1-3H3. The summed E-state index contributed by atoms with van der Waals surface area (Å²) in [6, 6.07) is 17.9. The van der Waals surface area contributed by atoms with Crippen LogP contribution in [0.2, 0.25) is 5.02 Å². The smallest absolute Gasteiger partial charge is 0.237 e. The van der Waals surface area contributed by atoms with E-state index in [9.17, 15) is 4.79 Å². The van der Waals surface area contributed by atoms with E-state index in [4.69, 9.17) is 11.6 Å². The third-order valence-electron chi connectivity index (χ3n) is 4.35. The zero-order valence-electron chi connectivity index (χ0n) is 14.6. The van der Waals surface area contributed by atoms with E-state index in [0.717, 1.165) is 16.1 Å². The summed E-state index contributed by atoms with van der Waals surface area (Å²) < 4.78 is 0. The largest absolute Gasteiger partial charge is 0.338 e. The van der Waals surface area contributed by atoms with E-state index in [1.165, 1.54) is 0 Å². The van der Waals surface area contributed by atoms with E-state index >= 15 is 0 Å². The van der Waals surface area contributed by atoms with Gasteiger partial charge >= 0.3 is 0 Å². The first-order valence-electron chi connectivity index (χ1n) is 8.29. The van der Waals surface area contributed by atoms with Crippen LogP contribution in [0.3, 0.4) is 0 Å². The molecule has 4 heteroatoms. The molecule has 3 nitrogen and oxygen atoms in total. The third-order valence-corrected chi connectivity index (χ3v) is 4.70. The van der Waals surface area contributed by atoms with Crippen molar-refractivity contribution in [3.63, 3.8) is 0 Å². The number of hydrogen-bond donors (Lipinski definition) is 0. The topological polar surface area (TPSA) is 23.6 Å². The Labute approximate surface area is 149 Å². The molecule has 0 spiro atoms. The second-order valence-electron chi connectivity index (χ2n) is 6.01. The Hall–Kier alpha value is -1.84. The van der Waals surface area contributed by atoms with Crippen LogP contribution in [0.1, 0.15) is 31.0 Å². The van der Waals surface area contributed by atoms with Crippen molar-refractivity contribution in [1.29, 1.82) is 0 Å². The molecule has 0 aliphatic rings. The van der Waals surface area contributed by atoms with Crippen LogP contribution in [0.5, 0.6) is 0 Å². The summed E-state index contributed by atoms with van der Waals surface area (Å²) >= 11 is 6.27. The van der Waals surface area contributed by atoms with Gasteiger partial charge in [-0.1, -0.05) is 60.1 Å². The molecule has 0 N–H and O–H groups in total. The minimum absolute atomic E-state index is 0.0816. The van der Waals surface area contributed by atoms with Crippen molar-refractivity contribution in [2.24, 2.45) is 0 Å². The van der Waals surface area contributed by atoms with E-state index in [-0.39, 0.29) is 11.9 Å². The summed E-state index contributed by atoms with van der Waals surface area (Å²) in [5, 5.41) is 0.737. The molecule has 1 unspecified atom stereocenters. The van der Waals surface area contributed by atoms with E-state index in [0.29, 0.717) is 19.6 Å². The highest BCUT2D eigenvalue weighted by molar-refractivity contribution is 6.31. The highest BCUT2D eigenvalue weighted by Crippen LogP contribution is 2.26. The average Bonchev–Trinajstić information content (AvgIpc) is 2.60. The fourth-order valence-electron chi connectivity index (χ4n) is 2.68. The van der Waals surface area contributed by atoms with Gasteiger partial charge in [0.25, 0.3) is 0 Å². The highest BCUT2D eigenvalue weighted by Gasteiger charge is 2.20. The van der Waals surface area contributed by atoms with E-state index < -0.39 is 0 Å². The number of hydrogen-bond acceptors (Lipinski definition) is 2. The Kier molecular flexibility index (Phi) is 6.83. The first kappa shape index (κ1) is 18.5. The second kappa shape index (κ2) is 8.86. The number of amides is 1. The summed E-state index contributed by atoms with van der Waals surface area (Å²) in [6.07, 6.45) is 0. The van der Waals surface area contributed by atoms with Crippen LogP contribution in [-0.2, 0) is 11.3 Å². The predicted octanol–water partition coefficient (Wildman–Crippen LogP) is 4.38. The van der Waals surface area contributed by atoms with Gasteiger partial charge in [-0.15, -0.1) is 0 Å². The Morgan fingerprint density at radius 2 is 1.71 bits per heavy atom. The molecular formula is C20H25ClN2O. The molecule has 0 heterocycles. The van der Waals surface area contributed by atoms with Crippen LogP contribution in [0.15, 0.2) is 54.6 Å². The van der Waals surface area contributed by atoms with Crippen molar-refractivity contribution in [3.8, 4) is 0 Å². The van der Waals surface area contributed by atoms with Crippen molar-refractivity contribution in [2.45, 2.75) is 26.4 Å². The van der Waals surface area contributed by atoms with Gasteiger partial charge in [0.15, 0.2) is 0 Å². The van der Waals surface area contributed by atoms with Gasteiger partial charge in [0.1, 0.15) is 0 Å². The first-order valence-corrected chi connectivity index (χ1v) is 8.67. The lowest BCUT2D eigenvalue weighted by Crippen LogP contribution is -2.39. The van der Waals surface area contributed by atoms with Gasteiger partial charge in [-0.2, -0.15) is 0 Å². The van der Waals surface area contributed by atoms with Gasteiger partial charge in [-0.05, 0) is 38.1 Å². The maximum absolute atomic E-state index is 12.7. The molecule has 24 heavy (non-hydrogen) atoms. The molecule has 0 saturated carbocycles. The number of carbonyl (C=O) groups excluding carboxylic acids is 1. The van der Waals surface area contributed by atoms with Crippen molar-refractivity contribution in [3.05, 3.63) is 70.7 Å². The van der Waals surface area contributed by atoms with Crippen LogP contribution in [0.25, 0.3) is 0 Å². The lowest BCUT2D eigenvalue weighted by Gasteiger charge is -2.28. The van der Waals surface area contributed by atoms with Crippen LogP contribution in [0, 0.1) is 0 Å². The summed E-state index contributed by atoms with van der Waals surface area (Å²) in [7, 11) is 1.96. The first-order chi connectivity index (χ1) is 11.5. The van der Waals surface area contributed by atoms with Crippen LogP contribution in [0.4, 0.5) is 0 Å². The average molecular weight is 345 g/mol. The maximum atomic E-state index is 12.7. The molecule has 128 valence electrons. The number of rotatable bonds is 7. The lowest BCUT2D eigenvalue weighted by molar-refractivity contribution is -0.133. The van der Waals surface area contributed by atoms with Gasteiger partial charge in [0.2, 0.25) is 5.91 Å². The molecule has 0 radical (unpaired) electrons. The van der Waals surface area contributed by atoms with Gasteiger partial charge in [-0.3, -0.25) is 9.69 Å². The molecule has 2 aromatic carbocycles. The number of benzene rings is 2. The minimum Gasteiger partial charge on any atom is -0.338 e. The molecule has 1 amide bonds. The summed E-state index contributed by atoms with van der Waals surface area (Å²) in [5.41, 5.74) is 2.19. The quantitative estimate of drug-likeness (QED) is 0.744. The van der Waals surface area contributed by atoms with Crippen LogP contribution in [-0.4, -0.2) is 35.8 Å². The number of nitrogens with zero attached hydrogens (tertiary/aromatic N) is 2. The SMILES string of the molecule is CCN(Cc1ccccc1)C(=O)CN(C)C(C)c1ccccc1Cl. The van der Waals surface area contributed by atoms with Gasteiger partial charge in [0.05, 0.1) is 6.54 Å². The third kappa shape index (κ3) is 4.83. The molecule has 0 aliphatic heterocycles. The summed E-state index contributed by atoms with van der Waals surface area (Å²) in [5.74, 6) is 0.128. The monoisotopic (exact) mass is 344 g/mol. The zero-order valence-corrected chi connectivity index (χ0v) is 15.3. The molecular weight excluding hydrogens is 320 g/mol. The Morgan fingerprint density at radius 3 is 2.33 bits per heavy atom. The number of halogens is 1. The van der Waals surface area contributed by atoms with E-state index in [2.05, 4.69) is 6.92 Å². The highest BCUT2D eigenvalue weighted by atomic mass is 35.5. The number of likely N-dealkylation sites (N-methyl/N-ethyl adjacent to an activating group) is 2. The Balaban J connectivity index is 2.00. The van der Waals surface area contributed by atoms with Crippen molar-refractivity contribution in [2.75, 3.05) is 20.1 Å².